The highest BCUT2D eigenvalue weighted by Gasteiger charge is 2.23. The number of anilines is 1. The van der Waals surface area contributed by atoms with Gasteiger partial charge in [-0.1, -0.05) is 48.4 Å². The van der Waals surface area contributed by atoms with Gasteiger partial charge in [0.15, 0.2) is 23.2 Å². The number of hydrogen-bond donors (Lipinski definition) is 0. The second-order valence-corrected chi connectivity index (χ2v) is 8.96. The van der Waals surface area contributed by atoms with E-state index in [4.69, 9.17) is 42.4 Å². The van der Waals surface area contributed by atoms with Crippen LogP contribution in [0.25, 0.3) is 10.2 Å². The summed E-state index contributed by atoms with van der Waals surface area (Å²) in [7, 11) is 0. The van der Waals surface area contributed by atoms with E-state index in [-0.39, 0.29) is 31.7 Å². The van der Waals surface area contributed by atoms with Crippen LogP contribution in [-0.2, 0) is 4.79 Å². The van der Waals surface area contributed by atoms with Crippen LogP contribution in [0.2, 0.25) is 10.0 Å². The Kier molecular flexibility index (Phi) is 8.89. The Morgan fingerprint density at radius 2 is 1.85 bits per heavy atom. The molecule has 0 saturated carbocycles. The lowest BCUT2D eigenvalue weighted by Crippen LogP contribution is -2.41. The van der Waals surface area contributed by atoms with Gasteiger partial charge in [-0.25, -0.2) is 4.98 Å². The second-order valence-electron chi connectivity index (χ2n) is 7.11. The van der Waals surface area contributed by atoms with Crippen molar-refractivity contribution in [1.82, 2.24) is 9.88 Å². The highest BCUT2D eigenvalue weighted by molar-refractivity contribution is 7.22. The van der Waals surface area contributed by atoms with Gasteiger partial charge < -0.3 is 19.1 Å². The van der Waals surface area contributed by atoms with Crippen LogP contribution >= 0.6 is 46.9 Å². The first-order chi connectivity index (χ1) is 15.5. The molecule has 3 aromatic rings. The first-order valence-electron chi connectivity index (χ1n) is 10.3. The molecule has 0 aliphatic carbocycles. The molecule has 0 atom stereocenters. The molecule has 33 heavy (non-hydrogen) atoms. The maximum atomic E-state index is 13.2. The number of aromatic nitrogens is 1. The minimum absolute atomic E-state index is 0. The SMILES string of the molecule is CCN(CC)CCN(C(=O)COc1ccc(Cl)cc1Cl)c1nc2cc3c(cc2s1)OCO3.Cl. The fraction of sp³-hybridized carbons (Fsp3) is 0.364. The number of nitrogens with zero attached hydrogens (tertiary/aromatic N) is 3. The van der Waals surface area contributed by atoms with E-state index in [0.717, 1.165) is 29.9 Å². The number of fused-ring (bicyclic) bond motifs is 2. The van der Waals surface area contributed by atoms with Crippen LogP contribution in [0.5, 0.6) is 17.2 Å². The Morgan fingerprint density at radius 3 is 2.55 bits per heavy atom. The summed E-state index contributed by atoms with van der Waals surface area (Å²) in [5, 5.41) is 1.46. The van der Waals surface area contributed by atoms with Crippen molar-refractivity contribution in [1.29, 1.82) is 0 Å². The van der Waals surface area contributed by atoms with Crippen molar-refractivity contribution in [2.75, 3.05) is 44.5 Å². The summed E-state index contributed by atoms with van der Waals surface area (Å²) >= 11 is 13.6. The number of halogens is 3. The normalized spacial score (nSPS) is 12.2. The monoisotopic (exact) mass is 531 g/mol. The third-order valence-electron chi connectivity index (χ3n) is 5.18. The van der Waals surface area contributed by atoms with Gasteiger partial charge in [0.05, 0.1) is 15.2 Å². The van der Waals surface area contributed by atoms with Crippen LogP contribution in [0.1, 0.15) is 13.8 Å². The summed E-state index contributed by atoms with van der Waals surface area (Å²) in [6.07, 6.45) is 0. The molecule has 2 aromatic carbocycles. The first-order valence-corrected chi connectivity index (χ1v) is 11.9. The Bertz CT molecular complexity index is 1080. The van der Waals surface area contributed by atoms with Gasteiger partial charge in [-0.3, -0.25) is 9.69 Å². The lowest BCUT2D eigenvalue weighted by Gasteiger charge is -2.24. The molecule has 0 N–H and O–H groups in total. The Morgan fingerprint density at radius 1 is 1.12 bits per heavy atom. The quantitative estimate of drug-likeness (QED) is 0.362. The van der Waals surface area contributed by atoms with E-state index in [1.54, 1.807) is 23.1 Å². The van der Waals surface area contributed by atoms with E-state index in [0.29, 0.717) is 39.0 Å². The van der Waals surface area contributed by atoms with Crippen molar-refractivity contribution in [3.05, 3.63) is 40.4 Å². The van der Waals surface area contributed by atoms with Gasteiger partial charge >= 0.3 is 0 Å². The number of hydrogen-bond acceptors (Lipinski definition) is 7. The van der Waals surface area contributed by atoms with E-state index < -0.39 is 0 Å². The Balaban J connectivity index is 0.00000306. The summed E-state index contributed by atoms with van der Waals surface area (Å²) in [6, 6.07) is 8.64. The lowest BCUT2D eigenvalue weighted by atomic mass is 10.3. The molecule has 0 unspecified atom stereocenters. The molecule has 0 saturated heterocycles. The molecular weight excluding hydrogens is 509 g/mol. The van der Waals surface area contributed by atoms with Gasteiger partial charge in [-0.15, -0.1) is 12.4 Å². The molecule has 1 aliphatic heterocycles. The van der Waals surface area contributed by atoms with Crippen molar-refractivity contribution in [2.45, 2.75) is 13.8 Å². The van der Waals surface area contributed by atoms with Crippen LogP contribution in [-0.4, -0.2) is 55.4 Å². The summed E-state index contributed by atoms with van der Waals surface area (Å²) in [6.45, 7) is 7.25. The number of amides is 1. The van der Waals surface area contributed by atoms with E-state index in [2.05, 4.69) is 18.7 Å². The average Bonchev–Trinajstić information content (AvgIpc) is 3.40. The third-order valence-corrected chi connectivity index (χ3v) is 6.75. The molecule has 0 spiro atoms. The van der Waals surface area contributed by atoms with E-state index in [1.807, 2.05) is 12.1 Å². The maximum absolute atomic E-state index is 13.2. The Labute approximate surface area is 212 Å². The number of carbonyl (C=O) groups is 1. The molecule has 0 fully saturated rings. The molecule has 4 rings (SSSR count). The van der Waals surface area contributed by atoms with E-state index in [9.17, 15) is 4.79 Å². The molecule has 1 aliphatic rings. The highest BCUT2D eigenvalue weighted by atomic mass is 35.5. The lowest BCUT2D eigenvalue weighted by molar-refractivity contribution is -0.120. The molecule has 0 radical (unpaired) electrons. The predicted molar refractivity (Wildman–Crippen MR) is 135 cm³/mol. The standard InChI is InChI=1S/C22H23Cl2N3O4S.ClH/c1-3-26(4-2)7-8-27(21(28)12-29-17-6-5-14(23)9-15(17)24)22-25-16-10-18-19(31-13-30-18)11-20(16)32-22;/h5-6,9-11H,3-4,7-8,12-13H2,1-2H3;1H. The second kappa shape index (κ2) is 11.4. The van der Waals surface area contributed by atoms with Gasteiger partial charge in [0.2, 0.25) is 6.79 Å². The molecule has 0 bridgehead atoms. The van der Waals surface area contributed by atoms with Crippen molar-refractivity contribution in [3.8, 4) is 17.2 Å². The predicted octanol–water partition coefficient (Wildman–Crippen LogP) is 5.51. The fourth-order valence-corrected chi connectivity index (χ4v) is 4.82. The van der Waals surface area contributed by atoms with Gasteiger partial charge in [0, 0.05) is 30.2 Å². The highest BCUT2D eigenvalue weighted by Crippen LogP contribution is 2.39. The van der Waals surface area contributed by atoms with Crippen LogP contribution < -0.4 is 19.1 Å². The Hall–Kier alpha value is -1.97. The maximum Gasteiger partial charge on any atom is 0.266 e. The number of benzene rings is 2. The zero-order valence-corrected chi connectivity index (χ0v) is 21.3. The number of thiazole rings is 1. The number of likely N-dealkylation sites (N-methyl/N-ethyl adjacent to an activating group) is 1. The number of carbonyl (C=O) groups excluding carboxylic acids is 1. The van der Waals surface area contributed by atoms with Crippen LogP contribution in [0.3, 0.4) is 0 Å². The number of rotatable bonds is 9. The minimum Gasteiger partial charge on any atom is -0.482 e. The molecule has 1 amide bonds. The zero-order valence-electron chi connectivity index (χ0n) is 18.2. The van der Waals surface area contributed by atoms with Crippen molar-refractivity contribution < 1.29 is 19.0 Å². The van der Waals surface area contributed by atoms with E-state index >= 15 is 0 Å². The molecule has 7 nitrogen and oxygen atoms in total. The molecular formula is C22H24Cl3N3O4S. The van der Waals surface area contributed by atoms with Crippen molar-refractivity contribution in [2.24, 2.45) is 0 Å². The summed E-state index contributed by atoms with van der Waals surface area (Å²) in [5.41, 5.74) is 0.761. The fourth-order valence-electron chi connectivity index (χ4n) is 3.34. The summed E-state index contributed by atoms with van der Waals surface area (Å²) < 4.78 is 17.5. The van der Waals surface area contributed by atoms with Gasteiger partial charge in [-0.05, 0) is 31.3 Å². The van der Waals surface area contributed by atoms with Gasteiger partial charge in [0.1, 0.15) is 5.75 Å². The smallest absolute Gasteiger partial charge is 0.266 e. The van der Waals surface area contributed by atoms with Crippen molar-refractivity contribution >= 4 is 68.2 Å². The van der Waals surface area contributed by atoms with Gasteiger partial charge in [0.25, 0.3) is 5.91 Å². The third kappa shape index (κ3) is 5.94. The minimum atomic E-state index is -0.206. The molecule has 2 heterocycles. The zero-order chi connectivity index (χ0) is 22.7. The number of ether oxygens (including phenoxy) is 3. The molecule has 1 aromatic heterocycles. The topological polar surface area (TPSA) is 64.1 Å². The molecule has 11 heteroatoms. The van der Waals surface area contributed by atoms with Crippen LogP contribution in [0.15, 0.2) is 30.3 Å². The van der Waals surface area contributed by atoms with E-state index in [1.165, 1.54) is 11.3 Å². The van der Waals surface area contributed by atoms with Gasteiger partial charge in [-0.2, -0.15) is 0 Å². The first kappa shape index (κ1) is 25.6. The summed E-state index contributed by atoms with van der Waals surface area (Å²) in [4.78, 5) is 21.8. The van der Waals surface area contributed by atoms with Crippen LogP contribution in [0, 0.1) is 0 Å². The van der Waals surface area contributed by atoms with Crippen LogP contribution in [0.4, 0.5) is 5.13 Å². The largest absolute Gasteiger partial charge is 0.482 e. The molecule has 178 valence electrons. The summed E-state index contributed by atoms with van der Waals surface area (Å²) in [5.74, 6) is 1.55. The van der Waals surface area contributed by atoms with Crippen molar-refractivity contribution in [3.63, 3.8) is 0 Å². The average molecular weight is 533 g/mol.